The number of carbonyl (C=O) groups is 1. The van der Waals surface area contributed by atoms with Crippen molar-refractivity contribution in [2.24, 2.45) is 0 Å². The van der Waals surface area contributed by atoms with Gasteiger partial charge in [-0.25, -0.2) is 0 Å². The molecule has 0 spiro atoms. The fraction of sp³-hybridized carbons (Fsp3) is 0.375. The molecule has 0 N–H and O–H groups in total. The minimum atomic E-state index is 0.129. The van der Waals surface area contributed by atoms with Gasteiger partial charge in [0.15, 0.2) is 0 Å². The average molecular weight is 282 g/mol. The Hall–Kier alpha value is -2.14. The highest BCUT2D eigenvalue weighted by Gasteiger charge is 2.43. The van der Waals surface area contributed by atoms with E-state index in [1.807, 2.05) is 42.5 Å². The minimum Gasteiger partial charge on any atom is -0.337 e. The van der Waals surface area contributed by atoms with Crippen molar-refractivity contribution in [2.75, 3.05) is 20.1 Å². The number of aromatic nitrogens is 2. The SMILES string of the molecule is CN1C(=O)c2cccn2C2CN(Cc3cccnc3)CC21. The highest BCUT2D eigenvalue weighted by molar-refractivity contribution is 5.93. The van der Waals surface area contributed by atoms with E-state index in [2.05, 4.69) is 20.5 Å². The molecule has 4 heterocycles. The molecule has 108 valence electrons. The third kappa shape index (κ3) is 1.96. The van der Waals surface area contributed by atoms with Gasteiger partial charge in [-0.2, -0.15) is 0 Å². The summed E-state index contributed by atoms with van der Waals surface area (Å²) in [6.07, 6.45) is 5.75. The Labute approximate surface area is 123 Å². The zero-order valence-corrected chi connectivity index (χ0v) is 12.0. The summed E-state index contributed by atoms with van der Waals surface area (Å²) in [6, 6.07) is 8.57. The van der Waals surface area contributed by atoms with Crippen LogP contribution in [0.2, 0.25) is 0 Å². The molecule has 1 fully saturated rings. The molecule has 2 aliphatic heterocycles. The van der Waals surface area contributed by atoms with Crippen LogP contribution < -0.4 is 0 Å². The maximum atomic E-state index is 12.4. The Bertz CT molecular complexity index is 666. The standard InChI is InChI=1S/C16H18N4O/c1-18-14-10-19(9-12-4-2-6-17-8-12)11-15(14)20-7-3-5-13(20)16(18)21/h2-8,14-15H,9-11H2,1H3. The molecule has 2 aliphatic rings. The van der Waals surface area contributed by atoms with Crippen molar-refractivity contribution in [3.63, 3.8) is 0 Å². The maximum absolute atomic E-state index is 12.4. The summed E-state index contributed by atoms with van der Waals surface area (Å²) < 4.78 is 2.15. The maximum Gasteiger partial charge on any atom is 0.270 e. The molecule has 2 atom stereocenters. The third-order valence-electron chi connectivity index (χ3n) is 4.64. The number of rotatable bonds is 2. The van der Waals surface area contributed by atoms with Crippen LogP contribution in [0.4, 0.5) is 0 Å². The lowest BCUT2D eigenvalue weighted by atomic mass is 10.1. The van der Waals surface area contributed by atoms with Gasteiger partial charge in [-0.15, -0.1) is 0 Å². The largest absolute Gasteiger partial charge is 0.337 e. The lowest BCUT2D eigenvalue weighted by Crippen LogP contribution is -2.48. The van der Waals surface area contributed by atoms with Crippen LogP contribution in [-0.4, -0.2) is 51.4 Å². The van der Waals surface area contributed by atoms with Crippen LogP contribution in [0.15, 0.2) is 42.9 Å². The lowest BCUT2D eigenvalue weighted by molar-refractivity contribution is 0.0643. The molecule has 0 saturated carbocycles. The molecule has 4 rings (SSSR count). The first-order valence-corrected chi connectivity index (χ1v) is 7.29. The second kappa shape index (κ2) is 4.70. The quantitative estimate of drug-likeness (QED) is 0.836. The fourth-order valence-corrected chi connectivity index (χ4v) is 3.58. The topological polar surface area (TPSA) is 41.4 Å². The van der Waals surface area contributed by atoms with Crippen LogP contribution in [0.1, 0.15) is 22.1 Å². The molecular weight excluding hydrogens is 264 g/mol. The number of likely N-dealkylation sites (N-methyl/N-ethyl adjacent to an activating group) is 1. The number of fused-ring (bicyclic) bond motifs is 3. The molecule has 0 aromatic carbocycles. The van der Waals surface area contributed by atoms with Crippen molar-refractivity contribution >= 4 is 5.91 Å². The van der Waals surface area contributed by atoms with Gasteiger partial charge in [0.1, 0.15) is 5.69 Å². The van der Waals surface area contributed by atoms with Gasteiger partial charge in [-0.1, -0.05) is 6.07 Å². The van der Waals surface area contributed by atoms with Gasteiger partial charge in [-0.3, -0.25) is 14.7 Å². The molecule has 5 nitrogen and oxygen atoms in total. The summed E-state index contributed by atoms with van der Waals surface area (Å²) in [6.45, 7) is 2.78. The Morgan fingerprint density at radius 1 is 1.24 bits per heavy atom. The van der Waals surface area contributed by atoms with Gasteiger partial charge in [0.05, 0.1) is 12.1 Å². The summed E-state index contributed by atoms with van der Waals surface area (Å²) in [4.78, 5) is 20.9. The summed E-state index contributed by atoms with van der Waals surface area (Å²) in [7, 11) is 1.92. The average Bonchev–Trinajstić information content (AvgIpc) is 3.12. The van der Waals surface area contributed by atoms with E-state index in [4.69, 9.17) is 0 Å². The summed E-state index contributed by atoms with van der Waals surface area (Å²) in [5.74, 6) is 0.129. The Morgan fingerprint density at radius 3 is 2.90 bits per heavy atom. The molecular formula is C16H18N4O. The second-order valence-electron chi connectivity index (χ2n) is 5.91. The van der Waals surface area contributed by atoms with E-state index in [0.29, 0.717) is 6.04 Å². The van der Waals surface area contributed by atoms with E-state index in [1.54, 1.807) is 6.20 Å². The highest BCUT2D eigenvalue weighted by Crippen LogP contribution is 2.33. The molecule has 5 heteroatoms. The number of hydrogen-bond acceptors (Lipinski definition) is 3. The predicted molar refractivity (Wildman–Crippen MR) is 78.9 cm³/mol. The lowest BCUT2D eigenvalue weighted by Gasteiger charge is -2.35. The highest BCUT2D eigenvalue weighted by atomic mass is 16.2. The van der Waals surface area contributed by atoms with Gasteiger partial charge in [0.2, 0.25) is 0 Å². The van der Waals surface area contributed by atoms with Crippen LogP contribution in [0, 0.1) is 0 Å². The molecule has 0 bridgehead atoms. The van der Waals surface area contributed by atoms with Crippen molar-refractivity contribution in [1.82, 2.24) is 19.4 Å². The third-order valence-corrected chi connectivity index (χ3v) is 4.64. The van der Waals surface area contributed by atoms with Gasteiger partial charge < -0.3 is 9.47 Å². The molecule has 1 saturated heterocycles. The molecule has 2 unspecified atom stereocenters. The second-order valence-corrected chi connectivity index (χ2v) is 5.91. The molecule has 2 aromatic heterocycles. The molecule has 2 aromatic rings. The van der Waals surface area contributed by atoms with Crippen LogP contribution >= 0.6 is 0 Å². The Kier molecular flexibility index (Phi) is 2.82. The van der Waals surface area contributed by atoms with Gasteiger partial charge in [0, 0.05) is 45.3 Å². The van der Waals surface area contributed by atoms with Crippen molar-refractivity contribution < 1.29 is 4.79 Å². The van der Waals surface area contributed by atoms with Gasteiger partial charge in [0.25, 0.3) is 5.91 Å². The van der Waals surface area contributed by atoms with Crippen molar-refractivity contribution in [3.8, 4) is 0 Å². The first kappa shape index (κ1) is 12.6. The van der Waals surface area contributed by atoms with Gasteiger partial charge in [-0.05, 0) is 23.8 Å². The molecule has 0 aliphatic carbocycles. The van der Waals surface area contributed by atoms with Gasteiger partial charge >= 0.3 is 0 Å². The first-order valence-electron chi connectivity index (χ1n) is 7.29. The number of hydrogen-bond donors (Lipinski definition) is 0. The monoisotopic (exact) mass is 282 g/mol. The summed E-state index contributed by atoms with van der Waals surface area (Å²) in [5.41, 5.74) is 2.03. The minimum absolute atomic E-state index is 0.129. The summed E-state index contributed by atoms with van der Waals surface area (Å²) in [5, 5.41) is 0. The summed E-state index contributed by atoms with van der Waals surface area (Å²) >= 11 is 0. The normalized spacial score (nSPS) is 25.0. The van der Waals surface area contributed by atoms with E-state index >= 15 is 0 Å². The van der Waals surface area contributed by atoms with Crippen LogP contribution in [0.3, 0.4) is 0 Å². The number of carbonyl (C=O) groups excluding carboxylic acids is 1. The van der Waals surface area contributed by atoms with Crippen LogP contribution in [0.5, 0.6) is 0 Å². The zero-order chi connectivity index (χ0) is 14.4. The van der Waals surface area contributed by atoms with Crippen molar-refractivity contribution in [1.29, 1.82) is 0 Å². The Morgan fingerprint density at radius 2 is 2.10 bits per heavy atom. The fourth-order valence-electron chi connectivity index (χ4n) is 3.58. The van der Waals surface area contributed by atoms with Crippen molar-refractivity contribution in [3.05, 3.63) is 54.1 Å². The number of pyridine rings is 1. The van der Waals surface area contributed by atoms with E-state index in [9.17, 15) is 4.79 Å². The van der Waals surface area contributed by atoms with E-state index in [-0.39, 0.29) is 11.9 Å². The zero-order valence-electron chi connectivity index (χ0n) is 12.0. The van der Waals surface area contributed by atoms with E-state index in [1.165, 1.54) is 5.56 Å². The smallest absolute Gasteiger partial charge is 0.270 e. The van der Waals surface area contributed by atoms with Crippen LogP contribution in [-0.2, 0) is 6.54 Å². The van der Waals surface area contributed by atoms with Crippen LogP contribution in [0.25, 0.3) is 0 Å². The van der Waals surface area contributed by atoms with E-state index < -0.39 is 0 Å². The molecule has 1 amide bonds. The number of likely N-dealkylation sites (tertiary alicyclic amines) is 1. The predicted octanol–water partition coefficient (Wildman–Crippen LogP) is 1.39. The van der Waals surface area contributed by atoms with E-state index in [0.717, 1.165) is 25.3 Å². The number of amides is 1. The molecule has 21 heavy (non-hydrogen) atoms. The Balaban J connectivity index is 1.59. The number of nitrogens with zero attached hydrogens (tertiary/aromatic N) is 4. The molecule has 0 radical (unpaired) electrons. The van der Waals surface area contributed by atoms with Crippen molar-refractivity contribution in [2.45, 2.75) is 18.6 Å². The first-order chi connectivity index (χ1) is 10.2.